The van der Waals surface area contributed by atoms with Gasteiger partial charge < -0.3 is 4.74 Å². The Kier molecular flexibility index (Phi) is 4.06. The average molecular weight is 314 g/mol. The fraction of sp³-hybridized carbons (Fsp3) is 0.0526. The molecule has 1 nitrogen and oxygen atoms in total. The van der Waals surface area contributed by atoms with E-state index in [2.05, 4.69) is 0 Å². The van der Waals surface area contributed by atoms with Gasteiger partial charge in [0.1, 0.15) is 17.3 Å². The van der Waals surface area contributed by atoms with Crippen LogP contribution in [0.25, 0.3) is 11.1 Å². The molecular weight excluding hydrogens is 301 g/mol. The maximum atomic E-state index is 14.1. The fourth-order valence-corrected chi connectivity index (χ4v) is 2.21. The van der Waals surface area contributed by atoms with Gasteiger partial charge in [0.25, 0.3) is 0 Å². The Bertz CT molecular complexity index is 824. The van der Waals surface area contributed by atoms with Crippen LogP contribution in [-0.2, 0) is 0 Å². The molecule has 0 spiro atoms. The molecule has 0 amide bonds. The lowest BCUT2D eigenvalue weighted by Gasteiger charge is -2.10. The normalized spacial score (nSPS) is 10.6. The molecule has 0 bridgehead atoms. The minimum Gasteiger partial charge on any atom is -0.457 e. The zero-order valence-corrected chi connectivity index (χ0v) is 12.3. The Morgan fingerprint density at radius 1 is 0.739 bits per heavy atom. The molecule has 0 radical (unpaired) electrons. The van der Waals surface area contributed by atoms with Crippen LogP contribution in [0.15, 0.2) is 60.7 Å². The van der Waals surface area contributed by atoms with Gasteiger partial charge >= 0.3 is 0 Å². The Morgan fingerprint density at radius 3 is 2.04 bits per heavy atom. The van der Waals surface area contributed by atoms with Crippen molar-refractivity contribution in [1.82, 2.24) is 0 Å². The van der Waals surface area contributed by atoms with Gasteiger partial charge in [0.05, 0.1) is 0 Å². The van der Waals surface area contributed by atoms with Gasteiger partial charge in [-0.1, -0.05) is 29.8 Å². The van der Waals surface area contributed by atoms with Crippen molar-refractivity contribution >= 4 is 0 Å². The van der Waals surface area contributed by atoms with Crippen LogP contribution in [0.2, 0.25) is 0 Å². The highest BCUT2D eigenvalue weighted by atomic mass is 19.2. The molecule has 0 atom stereocenters. The Labute approximate surface area is 132 Å². The van der Waals surface area contributed by atoms with E-state index < -0.39 is 17.5 Å². The minimum atomic E-state index is -1.000. The molecule has 0 aliphatic rings. The zero-order valence-electron chi connectivity index (χ0n) is 12.3. The molecule has 0 fully saturated rings. The topological polar surface area (TPSA) is 9.23 Å². The third kappa shape index (κ3) is 3.37. The molecule has 0 aliphatic heterocycles. The number of ether oxygens (including phenoxy) is 1. The van der Waals surface area contributed by atoms with E-state index in [1.807, 2.05) is 19.1 Å². The Hall–Kier alpha value is -2.75. The highest BCUT2D eigenvalue weighted by Crippen LogP contribution is 2.31. The molecule has 0 N–H and O–H groups in total. The van der Waals surface area contributed by atoms with E-state index in [1.165, 1.54) is 30.3 Å². The molecule has 0 saturated carbocycles. The summed E-state index contributed by atoms with van der Waals surface area (Å²) in [5.74, 6) is -1.85. The second-order valence-electron chi connectivity index (χ2n) is 5.19. The first-order valence-corrected chi connectivity index (χ1v) is 7.02. The number of aryl methyl sites for hydroxylation is 1. The number of hydrogen-bond donors (Lipinski definition) is 0. The molecule has 0 aliphatic carbocycles. The monoisotopic (exact) mass is 314 g/mol. The molecule has 3 aromatic carbocycles. The lowest BCUT2D eigenvalue weighted by atomic mass is 10.0. The van der Waals surface area contributed by atoms with Gasteiger partial charge in [0, 0.05) is 11.6 Å². The largest absolute Gasteiger partial charge is 0.457 e. The standard InChI is InChI=1S/C19H13F3O/c1-12-2-4-13(5-3-12)17-10-16(11-18(21)19(17)22)23-15-8-6-14(20)7-9-15/h2-11H,1H3. The second-order valence-corrected chi connectivity index (χ2v) is 5.19. The summed E-state index contributed by atoms with van der Waals surface area (Å²) in [6.45, 7) is 1.91. The van der Waals surface area contributed by atoms with Crippen molar-refractivity contribution < 1.29 is 17.9 Å². The highest BCUT2D eigenvalue weighted by Gasteiger charge is 2.14. The van der Waals surface area contributed by atoms with Crippen molar-refractivity contribution in [1.29, 1.82) is 0 Å². The summed E-state index contributed by atoms with van der Waals surface area (Å²) in [6, 6.07) is 14.8. The molecule has 3 aromatic rings. The van der Waals surface area contributed by atoms with Crippen LogP contribution in [0.1, 0.15) is 5.56 Å². The van der Waals surface area contributed by atoms with Gasteiger partial charge in [-0.15, -0.1) is 0 Å². The van der Waals surface area contributed by atoms with E-state index in [4.69, 9.17) is 4.74 Å². The summed E-state index contributed by atoms with van der Waals surface area (Å²) < 4.78 is 46.3. The lowest BCUT2D eigenvalue weighted by Crippen LogP contribution is -1.93. The molecule has 3 rings (SSSR count). The van der Waals surface area contributed by atoms with Crippen LogP contribution in [0, 0.1) is 24.4 Å². The summed E-state index contributed by atoms with van der Waals surface area (Å²) in [4.78, 5) is 0. The Morgan fingerprint density at radius 2 is 1.39 bits per heavy atom. The van der Waals surface area contributed by atoms with Gasteiger partial charge in [-0.05, 0) is 42.8 Å². The minimum absolute atomic E-state index is 0.113. The summed E-state index contributed by atoms with van der Waals surface area (Å²) in [6.07, 6.45) is 0. The first kappa shape index (κ1) is 15.2. The second kappa shape index (κ2) is 6.16. The number of rotatable bonds is 3. The molecule has 0 unspecified atom stereocenters. The number of hydrogen-bond acceptors (Lipinski definition) is 1. The summed E-state index contributed by atoms with van der Waals surface area (Å²) in [5, 5.41) is 0. The van der Waals surface area contributed by atoms with Crippen LogP contribution in [0.3, 0.4) is 0 Å². The average Bonchev–Trinajstić information content (AvgIpc) is 2.54. The van der Waals surface area contributed by atoms with Crippen LogP contribution in [0.4, 0.5) is 13.2 Å². The molecule has 0 saturated heterocycles. The molecule has 0 heterocycles. The predicted octanol–water partition coefficient (Wildman–Crippen LogP) is 5.87. The van der Waals surface area contributed by atoms with Gasteiger partial charge in [0.15, 0.2) is 11.6 Å². The predicted molar refractivity (Wildman–Crippen MR) is 83.0 cm³/mol. The number of halogens is 3. The SMILES string of the molecule is Cc1ccc(-c2cc(Oc3ccc(F)cc3)cc(F)c2F)cc1. The molecule has 0 aromatic heterocycles. The van der Waals surface area contributed by atoms with Crippen LogP contribution in [0.5, 0.6) is 11.5 Å². The molecule has 23 heavy (non-hydrogen) atoms. The fourth-order valence-electron chi connectivity index (χ4n) is 2.21. The van der Waals surface area contributed by atoms with Crippen LogP contribution < -0.4 is 4.74 Å². The maximum absolute atomic E-state index is 14.1. The van der Waals surface area contributed by atoms with E-state index in [0.29, 0.717) is 11.3 Å². The van der Waals surface area contributed by atoms with Gasteiger partial charge in [-0.25, -0.2) is 13.2 Å². The highest BCUT2D eigenvalue weighted by molar-refractivity contribution is 5.66. The van der Waals surface area contributed by atoms with Gasteiger partial charge in [-0.3, -0.25) is 0 Å². The van der Waals surface area contributed by atoms with Crippen LogP contribution in [-0.4, -0.2) is 0 Å². The van der Waals surface area contributed by atoms with E-state index in [-0.39, 0.29) is 11.3 Å². The lowest BCUT2D eigenvalue weighted by molar-refractivity contribution is 0.461. The first-order chi connectivity index (χ1) is 11.0. The summed E-state index contributed by atoms with van der Waals surface area (Å²) >= 11 is 0. The van der Waals surface area contributed by atoms with Gasteiger partial charge in [0.2, 0.25) is 0 Å². The van der Waals surface area contributed by atoms with E-state index >= 15 is 0 Å². The van der Waals surface area contributed by atoms with Crippen LogP contribution >= 0.6 is 0 Å². The first-order valence-electron chi connectivity index (χ1n) is 7.02. The third-order valence-electron chi connectivity index (χ3n) is 3.41. The van der Waals surface area contributed by atoms with Gasteiger partial charge in [-0.2, -0.15) is 0 Å². The summed E-state index contributed by atoms with van der Waals surface area (Å²) in [7, 11) is 0. The smallest absolute Gasteiger partial charge is 0.166 e. The van der Waals surface area contributed by atoms with Crippen molar-refractivity contribution in [3.8, 4) is 22.6 Å². The summed E-state index contributed by atoms with van der Waals surface area (Å²) in [5.41, 5.74) is 1.69. The quantitative estimate of drug-likeness (QED) is 0.587. The van der Waals surface area contributed by atoms with Crippen molar-refractivity contribution in [2.75, 3.05) is 0 Å². The van der Waals surface area contributed by atoms with Crippen molar-refractivity contribution in [2.24, 2.45) is 0 Å². The maximum Gasteiger partial charge on any atom is 0.166 e. The van der Waals surface area contributed by atoms with E-state index in [9.17, 15) is 13.2 Å². The van der Waals surface area contributed by atoms with E-state index in [0.717, 1.165) is 11.6 Å². The third-order valence-corrected chi connectivity index (χ3v) is 3.41. The molecule has 4 heteroatoms. The van der Waals surface area contributed by atoms with Crippen molar-refractivity contribution in [2.45, 2.75) is 6.92 Å². The van der Waals surface area contributed by atoms with Crippen molar-refractivity contribution in [3.63, 3.8) is 0 Å². The van der Waals surface area contributed by atoms with E-state index in [1.54, 1.807) is 12.1 Å². The number of benzene rings is 3. The molecular formula is C19H13F3O. The zero-order chi connectivity index (χ0) is 16.4. The van der Waals surface area contributed by atoms with Crippen molar-refractivity contribution in [3.05, 3.63) is 83.7 Å². The Balaban J connectivity index is 1.99. The molecule has 116 valence electrons.